The first-order chi connectivity index (χ1) is 23.5. The number of nitrogens with zero attached hydrogens (tertiary/aromatic N) is 7. The average Bonchev–Trinajstić information content (AvgIpc) is 3.72. The van der Waals surface area contributed by atoms with Crippen LogP contribution in [-0.2, 0) is 6.54 Å². The molecule has 0 saturated heterocycles. The first-order valence-corrected chi connectivity index (χ1v) is 13.1. The molecule has 0 aliphatic heterocycles. The van der Waals surface area contributed by atoms with Crippen molar-refractivity contribution < 1.29 is 14.5 Å². The summed E-state index contributed by atoms with van der Waals surface area (Å²) < 4.78 is 5.31. The molecule has 0 bridgehead atoms. The number of aromatic amines is 1. The van der Waals surface area contributed by atoms with Crippen molar-refractivity contribution in [2.75, 3.05) is 5.32 Å². The first kappa shape index (κ1) is 35.9. The molecule has 3 aromatic heterocycles. The van der Waals surface area contributed by atoms with Gasteiger partial charge in [0, 0.05) is 39.7 Å². The Balaban J connectivity index is -0.000000175. The lowest BCUT2D eigenvalue weighted by Crippen LogP contribution is -2.01. The number of benzene rings is 1. The van der Waals surface area contributed by atoms with Gasteiger partial charge in [-0.05, 0) is 148 Å². The minimum absolute atomic E-state index is 0. The van der Waals surface area contributed by atoms with Gasteiger partial charge < -0.3 is 14.8 Å². The Morgan fingerprint density at radius 3 is 1.98 bits per heavy atom. The van der Waals surface area contributed by atoms with Crippen LogP contribution >= 0.6 is 0 Å². The third kappa shape index (κ3) is 13.3. The lowest BCUT2D eigenvalue weighted by atomic mass is 10.0. The van der Waals surface area contributed by atoms with Crippen molar-refractivity contribution in [3.63, 3.8) is 0 Å². The predicted octanol–water partition coefficient (Wildman–Crippen LogP) is 6.91. The van der Waals surface area contributed by atoms with Crippen molar-refractivity contribution in [1.82, 2.24) is 20.1 Å². The molecule has 240 valence electrons. The van der Waals surface area contributed by atoms with E-state index in [0.29, 0.717) is 6.54 Å². The molecule has 0 radical (unpaired) electrons. The Morgan fingerprint density at radius 1 is 0.917 bits per heavy atom. The van der Waals surface area contributed by atoms with Gasteiger partial charge in [-0.25, -0.2) is 4.98 Å². The van der Waals surface area contributed by atoms with Crippen molar-refractivity contribution in [3.05, 3.63) is 64.9 Å². The highest BCUT2D eigenvalue weighted by Crippen LogP contribution is 2.33. The molecule has 0 spiro atoms. The van der Waals surface area contributed by atoms with Crippen molar-refractivity contribution in [3.8, 4) is 119 Å². The molecule has 4 aromatic rings. The summed E-state index contributed by atoms with van der Waals surface area (Å²) in [5, 5.41) is 16.7. The number of terminal acetylenes is 2. The van der Waals surface area contributed by atoms with Gasteiger partial charge in [0.1, 0.15) is 16.6 Å². The van der Waals surface area contributed by atoms with Crippen LogP contribution in [0, 0.1) is 132 Å². The number of anilines is 1. The topological polar surface area (TPSA) is 170 Å². The zero-order valence-electron chi connectivity index (χ0n) is 25.4. The third-order valence-electron chi connectivity index (χ3n) is 5.13. The van der Waals surface area contributed by atoms with Gasteiger partial charge in [0.25, 0.3) is 0 Å². The van der Waals surface area contributed by atoms with Crippen LogP contribution in [0.1, 0.15) is 27.0 Å². The number of nitrogens with one attached hydrogen (secondary N) is 3. The fraction of sp³-hybridized carbons (Fsp3) is 0.0833. The summed E-state index contributed by atoms with van der Waals surface area (Å²) >= 11 is 0. The fourth-order valence-corrected chi connectivity index (χ4v) is 3.41. The second-order valence-corrected chi connectivity index (χ2v) is 8.14. The van der Waals surface area contributed by atoms with Gasteiger partial charge in [-0.3, -0.25) is 4.98 Å². The smallest absolute Gasteiger partial charge is 0.141 e. The maximum absolute atomic E-state index is 8.91. The predicted molar refractivity (Wildman–Crippen MR) is 195 cm³/mol. The summed E-state index contributed by atoms with van der Waals surface area (Å²) in [6.07, 6.45) is 15.1. The highest BCUT2D eigenvalue weighted by Gasteiger charge is 2.15. The molecule has 12 nitrogen and oxygen atoms in total. The second kappa shape index (κ2) is 22.3. The summed E-state index contributed by atoms with van der Waals surface area (Å²) in [6, 6.07) is 8.14. The average molecular weight is 639 g/mol. The molecule has 3 heterocycles. The standard InChI is InChI=1S/C18H17N5O.C18H2.HN5O.7H2/c1-11-17(12(2)24-23-11)14-6-15(18-16(7-14)21-10-22-18)20-9-13-4-3-5-19-8-13;1-3-5-7-9-11-13-15-17-18-16-14-12-10-8-6-4-2;1-2-3-4-5-6;;;;;;;/h3-8,10,20H,9H2,1-2H3,(H,21,22);1-2H;1H;7*1H/b;;2-1?,4-3+;;;;;;;. The number of imidazole rings is 1. The molecule has 0 saturated carbocycles. The van der Waals surface area contributed by atoms with Crippen LogP contribution in [0.15, 0.2) is 68.5 Å². The summed E-state index contributed by atoms with van der Waals surface area (Å²) in [4.78, 5) is 20.7. The SMILES string of the molecule is C#CC#CC#CC#CC#CC#CC#CC#CC#C.Cc1noc(C)c1-c1cc(NCc2cccnc2)c2nc[nH]c2c1.N=N/N=N/N=O.[HH].[HH].[HH].[HH].[HH].[HH].[HH]. The van der Waals surface area contributed by atoms with E-state index in [0.717, 1.165) is 44.9 Å². The molecule has 4 rings (SSSR count). The molecule has 0 atom stereocenters. The van der Waals surface area contributed by atoms with Crippen molar-refractivity contribution in [2.24, 2.45) is 21.0 Å². The Kier molecular flexibility index (Phi) is 16.6. The summed E-state index contributed by atoms with van der Waals surface area (Å²) in [6.45, 7) is 4.56. The van der Waals surface area contributed by atoms with E-state index < -0.39 is 0 Å². The zero-order chi connectivity index (χ0) is 34.7. The van der Waals surface area contributed by atoms with E-state index in [1.165, 1.54) is 0 Å². The van der Waals surface area contributed by atoms with Crippen LogP contribution in [0.4, 0.5) is 5.69 Å². The first-order valence-electron chi connectivity index (χ1n) is 13.1. The maximum atomic E-state index is 8.91. The van der Waals surface area contributed by atoms with Crippen molar-refractivity contribution in [2.45, 2.75) is 20.4 Å². The van der Waals surface area contributed by atoms with Gasteiger partial charge in [-0.15, -0.1) is 17.8 Å². The van der Waals surface area contributed by atoms with Gasteiger partial charge in [0.2, 0.25) is 0 Å². The molecule has 0 amide bonds. The van der Waals surface area contributed by atoms with Gasteiger partial charge in [0.05, 0.1) is 23.2 Å². The molecule has 1 aromatic carbocycles. The molecule has 0 unspecified atom stereocenters. The van der Waals surface area contributed by atoms with Crippen LogP contribution in [0.5, 0.6) is 0 Å². The summed E-state index contributed by atoms with van der Waals surface area (Å²) in [7, 11) is 0. The Hall–Kier alpha value is -8.31. The molecule has 0 aliphatic carbocycles. The Morgan fingerprint density at radius 2 is 1.52 bits per heavy atom. The van der Waals surface area contributed by atoms with Crippen LogP contribution in [-0.4, -0.2) is 20.1 Å². The molecule has 0 fully saturated rings. The van der Waals surface area contributed by atoms with Gasteiger partial charge in [-0.2, -0.15) is 5.53 Å². The van der Waals surface area contributed by atoms with E-state index in [-0.39, 0.29) is 9.99 Å². The van der Waals surface area contributed by atoms with Crippen LogP contribution in [0.25, 0.3) is 22.2 Å². The number of hydrogen-bond acceptors (Lipinski definition) is 7. The second-order valence-electron chi connectivity index (χ2n) is 8.14. The quantitative estimate of drug-likeness (QED) is 0.0897. The zero-order valence-corrected chi connectivity index (χ0v) is 25.4. The van der Waals surface area contributed by atoms with E-state index in [1.54, 1.807) is 12.5 Å². The van der Waals surface area contributed by atoms with E-state index in [2.05, 4.69) is 148 Å². The number of aryl methyl sites for hydroxylation is 2. The highest BCUT2D eigenvalue weighted by molar-refractivity contribution is 5.93. The fourth-order valence-electron chi connectivity index (χ4n) is 3.41. The molecular weight excluding hydrogens is 604 g/mol. The van der Waals surface area contributed by atoms with Gasteiger partial charge >= 0.3 is 0 Å². The molecule has 0 aliphatic rings. The van der Waals surface area contributed by atoms with E-state index >= 15 is 0 Å². The number of H-pyrrole nitrogens is 1. The van der Waals surface area contributed by atoms with Crippen LogP contribution < -0.4 is 5.32 Å². The number of hydrogen-bond donors (Lipinski definition) is 3. The lowest BCUT2D eigenvalue weighted by Gasteiger charge is -2.10. The molecule has 12 heteroatoms. The molecule has 48 heavy (non-hydrogen) atoms. The third-order valence-corrected chi connectivity index (χ3v) is 5.13. The number of nitroso groups, excluding NO2 is 1. The number of aromatic nitrogens is 4. The highest BCUT2D eigenvalue weighted by atomic mass is 16.5. The van der Waals surface area contributed by atoms with Crippen LogP contribution in [0.3, 0.4) is 0 Å². The summed E-state index contributed by atoms with van der Waals surface area (Å²) in [5.41, 5.74) is 12.8. The number of pyridine rings is 1. The number of rotatable bonds is 6. The van der Waals surface area contributed by atoms with Gasteiger partial charge in [-0.1, -0.05) is 11.2 Å². The monoisotopic (exact) mass is 638 g/mol. The lowest BCUT2D eigenvalue weighted by molar-refractivity contribution is 0.393. The Labute approximate surface area is 287 Å². The van der Waals surface area contributed by atoms with E-state index in [4.69, 9.17) is 27.8 Å². The summed E-state index contributed by atoms with van der Waals surface area (Å²) in [5.74, 6) is 39.0. The van der Waals surface area contributed by atoms with Gasteiger partial charge in [0.15, 0.2) is 0 Å². The van der Waals surface area contributed by atoms with Crippen molar-refractivity contribution in [1.29, 1.82) is 5.53 Å². The van der Waals surface area contributed by atoms with Crippen LogP contribution in [0.2, 0.25) is 0 Å². The van der Waals surface area contributed by atoms with Crippen molar-refractivity contribution >= 4 is 16.7 Å². The molecule has 3 N–H and O–H groups in total. The normalized spacial score (nSPS) is 8.00. The Bertz CT molecular complexity index is 2250. The maximum Gasteiger partial charge on any atom is 0.141 e. The van der Waals surface area contributed by atoms with E-state index in [9.17, 15) is 0 Å². The largest absolute Gasteiger partial charge is 0.379 e. The minimum Gasteiger partial charge on any atom is -0.379 e. The molecular formula is C36H34N10O2. The van der Waals surface area contributed by atoms with E-state index in [1.807, 2.05) is 37.5 Å². The number of fused-ring (bicyclic) bond motifs is 1. The minimum atomic E-state index is 0.